The molecule has 0 saturated heterocycles. The number of ether oxygens (including phenoxy) is 1. The maximum absolute atomic E-state index is 13.6. The standard InChI is InChI=1S/C16H21FN4O3.ClH/c1-21(2)15-13(16(22)19-8-4-7-18)14(24-20-15)10-5-6-11(17)12(9-10)23-3;/h5-6,9H,4,7-8,18H2,1-3H3,(H,19,22);1H. The van der Waals surface area contributed by atoms with Gasteiger partial charge in [0.05, 0.1) is 7.11 Å². The molecule has 1 aromatic heterocycles. The number of aromatic nitrogens is 1. The Labute approximate surface area is 151 Å². The first-order valence-corrected chi connectivity index (χ1v) is 7.48. The molecule has 1 amide bonds. The first-order valence-electron chi connectivity index (χ1n) is 7.48. The van der Waals surface area contributed by atoms with Gasteiger partial charge in [0.15, 0.2) is 23.1 Å². The normalized spacial score (nSPS) is 10.1. The Morgan fingerprint density at radius 3 is 2.76 bits per heavy atom. The van der Waals surface area contributed by atoms with E-state index in [-0.39, 0.29) is 35.4 Å². The average Bonchev–Trinajstić information content (AvgIpc) is 3.00. The number of hydrogen-bond donors (Lipinski definition) is 2. The molecule has 2 rings (SSSR count). The minimum Gasteiger partial charge on any atom is -0.494 e. The van der Waals surface area contributed by atoms with Gasteiger partial charge in [-0.1, -0.05) is 5.16 Å². The van der Waals surface area contributed by atoms with Crippen LogP contribution in [0.5, 0.6) is 5.75 Å². The predicted octanol–water partition coefficient (Wildman–Crippen LogP) is 2.06. The summed E-state index contributed by atoms with van der Waals surface area (Å²) in [6.07, 6.45) is 0.661. The third-order valence-corrected chi connectivity index (χ3v) is 3.40. The van der Waals surface area contributed by atoms with Gasteiger partial charge in [0.1, 0.15) is 5.56 Å². The lowest BCUT2D eigenvalue weighted by atomic mass is 10.1. The van der Waals surface area contributed by atoms with E-state index in [1.54, 1.807) is 19.0 Å². The van der Waals surface area contributed by atoms with Crippen LogP contribution >= 0.6 is 12.4 Å². The molecule has 0 atom stereocenters. The molecule has 138 valence electrons. The summed E-state index contributed by atoms with van der Waals surface area (Å²) in [6, 6.07) is 4.22. The Bertz CT molecular complexity index is 721. The van der Waals surface area contributed by atoms with Crippen molar-refractivity contribution in [3.05, 3.63) is 29.6 Å². The van der Waals surface area contributed by atoms with Crippen molar-refractivity contribution in [3.63, 3.8) is 0 Å². The van der Waals surface area contributed by atoms with Gasteiger partial charge in [-0.05, 0) is 31.2 Å². The number of methoxy groups -OCH3 is 1. The summed E-state index contributed by atoms with van der Waals surface area (Å²) >= 11 is 0. The van der Waals surface area contributed by atoms with Gasteiger partial charge in [-0.3, -0.25) is 4.79 Å². The second kappa shape index (κ2) is 9.24. The topological polar surface area (TPSA) is 93.6 Å². The molecule has 7 nitrogen and oxygen atoms in total. The number of nitrogens with zero attached hydrogens (tertiary/aromatic N) is 2. The van der Waals surface area contributed by atoms with Crippen molar-refractivity contribution >= 4 is 24.1 Å². The van der Waals surface area contributed by atoms with Crippen LogP contribution in [0.1, 0.15) is 16.8 Å². The number of hydrogen-bond acceptors (Lipinski definition) is 6. The van der Waals surface area contributed by atoms with Crippen molar-refractivity contribution in [3.8, 4) is 17.1 Å². The molecule has 0 radical (unpaired) electrons. The minimum atomic E-state index is -0.498. The van der Waals surface area contributed by atoms with Gasteiger partial charge in [-0.2, -0.15) is 0 Å². The summed E-state index contributed by atoms with van der Waals surface area (Å²) < 4.78 is 23.9. The Hall–Kier alpha value is -2.32. The third kappa shape index (κ3) is 4.61. The highest BCUT2D eigenvalue weighted by molar-refractivity contribution is 6.04. The first kappa shape index (κ1) is 20.7. The Morgan fingerprint density at radius 2 is 2.16 bits per heavy atom. The fourth-order valence-electron chi connectivity index (χ4n) is 2.18. The highest BCUT2D eigenvalue weighted by Gasteiger charge is 2.25. The van der Waals surface area contributed by atoms with Crippen molar-refractivity contribution in [1.82, 2.24) is 10.5 Å². The maximum Gasteiger partial charge on any atom is 0.259 e. The molecule has 25 heavy (non-hydrogen) atoms. The monoisotopic (exact) mass is 372 g/mol. The van der Waals surface area contributed by atoms with Crippen LogP contribution in [0.4, 0.5) is 10.2 Å². The molecule has 9 heteroatoms. The van der Waals surface area contributed by atoms with E-state index in [1.807, 2.05) is 0 Å². The van der Waals surface area contributed by atoms with E-state index in [0.717, 1.165) is 0 Å². The van der Waals surface area contributed by atoms with Crippen LogP contribution < -0.4 is 20.7 Å². The molecule has 0 spiro atoms. The number of halogens is 2. The number of carbonyl (C=O) groups is 1. The molecule has 1 heterocycles. The molecule has 0 fully saturated rings. The SMILES string of the molecule is COc1cc(-c2onc(N(C)C)c2C(=O)NCCCN)ccc1F.Cl. The lowest BCUT2D eigenvalue weighted by Gasteiger charge is -2.11. The van der Waals surface area contributed by atoms with Gasteiger partial charge in [0, 0.05) is 26.2 Å². The Morgan fingerprint density at radius 1 is 1.44 bits per heavy atom. The summed E-state index contributed by atoms with van der Waals surface area (Å²) in [4.78, 5) is 14.2. The fraction of sp³-hybridized carbons (Fsp3) is 0.375. The van der Waals surface area contributed by atoms with Crippen molar-refractivity contribution < 1.29 is 18.4 Å². The van der Waals surface area contributed by atoms with Crippen LogP contribution in [0.25, 0.3) is 11.3 Å². The highest BCUT2D eigenvalue weighted by Crippen LogP contribution is 2.33. The van der Waals surface area contributed by atoms with Gasteiger partial charge < -0.3 is 25.2 Å². The van der Waals surface area contributed by atoms with Crippen LogP contribution in [-0.2, 0) is 0 Å². The number of anilines is 1. The first-order chi connectivity index (χ1) is 11.5. The van der Waals surface area contributed by atoms with Crippen molar-refractivity contribution in [1.29, 1.82) is 0 Å². The van der Waals surface area contributed by atoms with Gasteiger partial charge in [-0.25, -0.2) is 4.39 Å². The van der Waals surface area contributed by atoms with Gasteiger partial charge >= 0.3 is 0 Å². The number of nitrogens with two attached hydrogens (primary N) is 1. The molecular weight excluding hydrogens is 351 g/mol. The number of rotatable bonds is 7. The molecule has 0 aliphatic heterocycles. The molecular formula is C16H22ClFN4O3. The molecule has 2 aromatic rings. The van der Waals surface area contributed by atoms with E-state index < -0.39 is 5.82 Å². The van der Waals surface area contributed by atoms with Crippen LogP contribution in [0.3, 0.4) is 0 Å². The molecule has 0 aliphatic carbocycles. The van der Waals surface area contributed by atoms with Crippen molar-refractivity contribution in [2.45, 2.75) is 6.42 Å². The Balaban J connectivity index is 0.00000312. The number of nitrogens with one attached hydrogen (secondary N) is 1. The average molecular weight is 373 g/mol. The zero-order chi connectivity index (χ0) is 17.7. The van der Waals surface area contributed by atoms with E-state index in [9.17, 15) is 9.18 Å². The van der Waals surface area contributed by atoms with E-state index >= 15 is 0 Å². The van der Waals surface area contributed by atoms with E-state index in [2.05, 4.69) is 10.5 Å². The highest BCUT2D eigenvalue weighted by atomic mass is 35.5. The fourth-order valence-corrected chi connectivity index (χ4v) is 2.18. The zero-order valence-corrected chi connectivity index (χ0v) is 15.2. The van der Waals surface area contributed by atoms with E-state index in [0.29, 0.717) is 30.9 Å². The Kier molecular flexibility index (Phi) is 7.66. The zero-order valence-electron chi connectivity index (χ0n) is 14.3. The summed E-state index contributed by atoms with van der Waals surface area (Å²) in [6.45, 7) is 0.923. The largest absolute Gasteiger partial charge is 0.494 e. The molecule has 3 N–H and O–H groups in total. The van der Waals surface area contributed by atoms with Crippen LogP contribution in [0, 0.1) is 5.82 Å². The van der Waals surface area contributed by atoms with Gasteiger partial charge in [0.2, 0.25) is 0 Å². The van der Waals surface area contributed by atoms with Gasteiger partial charge in [-0.15, -0.1) is 12.4 Å². The second-order valence-corrected chi connectivity index (χ2v) is 5.35. The molecule has 1 aromatic carbocycles. The predicted molar refractivity (Wildman–Crippen MR) is 96.0 cm³/mol. The molecule has 0 aliphatic rings. The van der Waals surface area contributed by atoms with Crippen LogP contribution in [0.15, 0.2) is 22.7 Å². The summed E-state index contributed by atoms with van der Waals surface area (Å²) in [7, 11) is 4.88. The van der Waals surface area contributed by atoms with Crippen molar-refractivity contribution in [2.24, 2.45) is 5.73 Å². The molecule has 0 saturated carbocycles. The molecule has 0 bridgehead atoms. The summed E-state index contributed by atoms with van der Waals surface area (Å²) in [5.41, 5.74) is 6.22. The quantitative estimate of drug-likeness (QED) is 0.722. The summed E-state index contributed by atoms with van der Waals surface area (Å²) in [5, 5.41) is 6.73. The molecule has 0 unspecified atom stereocenters. The summed E-state index contributed by atoms with van der Waals surface area (Å²) in [5.74, 6) is -0.125. The van der Waals surface area contributed by atoms with Crippen LogP contribution in [0.2, 0.25) is 0 Å². The smallest absolute Gasteiger partial charge is 0.259 e. The lowest BCUT2D eigenvalue weighted by molar-refractivity contribution is 0.0954. The lowest BCUT2D eigenvalue weighted by Crippen LogP contribution is -2.27. The van der Waals surface area contributed by atoms with Gasteiger partial charge in [0.25, 0.3) is 5.91 Å². The number of amides is 1. The second-order valence-electron chi connectivity index (χ2n) is 5.35. The van der Waals surface area contributed by atoms with E-state index in [1.165, 1.54) is 25.3 Å². The third-order valence-electron chi connectivity index (χ3n) is 3.40. The van der Waals surface area contributed by atoms with E-state index in [4.69, 9.17) is 15.0 Å². The minimum absolute atomic E-state index is 0. The van der Waals surface area contributed by atoms with Crippen LogP contribution in [-0.4, -0.2) is 45.4 Å². The number of benzene rings is 1. The maximum atomic E-state index is 13.6. The van der Waals surface area contributed by atoms with Crippen molar-refractivity contribution in [2.75, 3.05) is 39.2 Å². The number of carbonyl (C=O) groups excluding carboxylic acids is 1.